The molecule has 0 aromatic heterocycles. The molecule has 0 spiro atoms. The number of amides is 1. The van der Waals surface area contributed by atoms with Crippen LogP contribution >= 0.6 is 0 Å². The fourth-order valence-electron chi connectivity index (χ4n) is 3.93. The third-order valence-electron chi connectivity index (χ3n) is 5.52. The Morgan fingerprint density at radius 3 is 2.20 bits per heavy atom. The molecule has 0 atom stereocenters. The fourth-order valence-corrected chi connectivity index (χ4v) is 3.93. The van der Waals surface area contributed by atoms with Crippen LogP contribution in [0.3, 0.4) is 0 Å². The summed E-state index contributed by atoms with van der Waals surface area (Å²) in [7, 11) is 0. The topological polar surface area (TPSA) is 60.9 Å². The summed E-state index contributed by atoms with van der Waals surface area (Å²) in [5, 5.41) is 8.95. The molecule has 1 amide bonds. The van der Waals surface area contributed by atoms with E-state index in [1.54, 1.807) is 12.1 Å². The second kappa shape index (κ2) is 8.48. The van der Waals surface area contributed by atoms with Crippen molar-refractivity contribution >= 4 is 11.9 Å². The Kier molecular flexibility index (Phi) is 6.08. The number of piperazine rings is 1. The van der Waals surface area contributed by atoms with Crippen molar-refractivity contribution in [2.24, 2.45) is 5.92 Å². The standard InChI is InChI=1S/C20H28N2O3/c23-19(14-16-4-2-1-3-5-16)22-12-10-21(11-13-22)15-17-6-8-18(9-7-17)20(24)25/h6-9,16H,1-5,10-15H2,(H,24,25). The van der Waals surface area contributed by atoms with Gasteiger partial charge in [0.25, 0.3) is 0 Å². The van der Waals surface area contributed by atoms with Gasteiger partial charge in [0.2, 0.25) is 5.91 Å². The Morgan fingerprint density at radius 2 is 1.60 bits per heavy atom. The van der Waals surface area contributed by atoms with Crippen molar-refractivity contribution in [3.63, 3.8) is 0 Å². The molecule has 5 nitrogen and oxygen atoms in total. The van der Waals surface area contributed by atoms with Gasteiger partial charge < -0.3 is 10.0 Å². The van der Waals surface area contributed by atoms with Crippen LogP contribution in [0.4, 0.5) is 0 Å². The average molecular weight is 344 g/mol. The van der Waals surface area contributed by atoms with E-state index in [-0.39, 0.29) is 0 Å². The van der Waals surface area contributed by atoms with Crippen molar-refractivity contribution in [3.8, 4) is 0 Å². The molecule has 1 aliphatic carbocycles. The van der Waals surface area contributed by atoms with Crippen molar-refractivity contribution in [3.05, 3.63) is 35.4 Å². The molecule has 5 heteroatoms. The summed E-state index contributed by atoms with van der Waals surface area (Å²) in [6, 6.07) is 7.07. The third kappa shape index (κ3) is 5.05. The van der Waals surface area contributed by atoms with Crippen molar-refractivity contribution in [1.82, 2.24) is 9.80 Å². The number of nitrogens with zero attached hydrogens (tertiary/aromatic N) is 2. The summed E-state index contributed by atoms with van der Waals surface area (Å²) in [6.07, 6.45) is 7.07. The van der Waals surface area contributed by atoms with Gasteiger partial charge in [0.05, 0.1) is 5.56 Å². The highest BCUT2D eigenvalue weighted by molar-refractivity contribution is 5.87. The number of hydrogen-bond donors (Lipinski definition) is 1. The van der Waals surface area contributed by atoms with Gasteiger partial charge in [0, 0.05) is 39.1 Å². The number of benzene rings is 1. The van der Waals surface area contributed by atoms with E-state index < -0.39 is 5.97 Å². The van der Waals surface area contributed by atoms with E-state index in [0.29, 0.717) is 17.4 Å². The molecule has 1 N–H and O–H groups in total. The minimum Gasteiger partial charge on any atom is -0.478 e. The predicted octanol–water partition coefficient (Wildman–Crippen LogP) is 3.00. The maximum Gasteiger partial charge on any atom is 0.335 e. The van der Waals surface area contributed by atoms with Gasteiger partial charge in [-0.15, -0.1) is 0 Å². The second-order valence-corrected chi connectivity index (χ2v) is 7.37. The zero-order valence-electron chi connectivity index (χ0n) is 14.8. The molecule has 136 valence electrons. The summed E-state index contributed by atoms with van der Waals surface area (Å²) in [5.41, 5.74) is 1.44. The van der Waals surface area contributed by atoms with Crippen LogP contribution in [0, 0.1) is 5.92 Å². The van der Waals surface area contributed by atoms with Gasteiger partial charge >= 0.3 is 5.97 Å². The first-order chi connectivity index (χ1) is 12.1. The molecular formula is C20H28N2O3. The lowest BCUT2D eigenvalue weighted by atomic mass is 9.86. The molecule has 1 heterocycles. The number of aromatic carboxylic acids is 1. The predicted molar refractivity (Wildman–Crippen MR) is 96.5 cm³/mol. The molecule has 0 unspecified atom stereocenters. The molecule has 0 bridgehead atoms. The van der Waals surface area contributed by atoms with Crippen molar-refractivity contribution in [1.29, 1.82) is 0 Å². The highest BCUT2D eigenvalue weighted by atomic mass is 16.4. The molecule has 0 radical (unpaired) electrons. The van der Waals surface area contributed by atoms with Gasteiger partial charge in [0.1, 0.15) is 0 Å². The Labute approximate surface area is 149 Å². The van der Waals surface area contributed by atoms with Crippen LogP contribution < -0.4 is 0 Å². The summed E-state index contributed by atoms with van der Waals surface area (Å²) in [5.74, 6) is 0.0426. The molecule has 1 aliphatic heterocycles. The van der Waals surface area contributed by atoms with E-state index in [4.69, 9.17) is 5.11 Å². The van der Waals surface area contributed by atoms with E-state index in [1.165, 1.54) is 32.1 Å². The molecular weight excluding hydrogens is 316 g/mol. The molecule has 1 aromatic carbocycles. The van der Waals surface area contributed by atoms with Gasteiger partial charge in [-0.05, 0) is 36.5 Å². The molecule has 1 aromatic rings. The lowest BCUT2D eigenvalue weighted by Gasteiger charge is -2.35. The van der Waals surface area contributed by atoms with Crippen LogP contribution in [-0.4, -0.2) is 53.0 Å². The molecule has 25 heavy (non-hydrogen) atoms. The molecule has 2 fully saturated rings. The Morgan fingerprint density at radius 1 is 0.960 bits per heavy atom. The largest absolute Gasteiger partial charge is 0.478 e. The van der Waals surface area contributed by atoms with E-state index in [0.717, 1.165) is 44.7 Å². The van der Waals surface area contributed by atoms with Gasteiger partial charge in [-0.25, -0.2) is 4.79 Å². The first kappa shape index (κ1) is 17.9. The smallest absolute Gasteiger partial charge is 0.335 e. The molecule has 1 saturated carbocycles. The summed E-state index contributed by atoms with van der Waals surface area (Å²) >= 11 is 0. The normalized spacial score (nSPS) is 19.8. The monoisotopic (exact) mass is 344 g/mol. The Bertz CT molecular complexity index is 585. The zero-order chi connectivity index (χ0) is 17.6. The number of carboxylic acids is 1. The highest BCUT2D eigenvalue weighted by Gasteiger charge is 2.24. The van der Waals surface area contributed by atoms with Gasteiger partial charge in [-0.3, -0.25) is 9.69 Å². The summed E-state index contributed by atoms with van der Waals surface area (Å²) in [6.45, 7) is 4.19. The highest BCUT2D eigenvalue weighted by Crippen LogP contribution is 2.27. The lowest BCUT2D eigenvalue weighted by molar-refractivity contribution is -0.134. The van der Waals surface area contributed by atoms with Gasteiger partial charge in [-0.2, -0.15) is 0 Å². The number of hydrogen-bond acceptors (Lipinski definition) is 3. The number of carboxylic acid groups (broad SMARTS) is 1. The number of rotatable bonds is 5. The first-order valence-electron chi connectivity index (χ1n) is 9.44. The molecule has 1 saturated heterocycles. The van der Waals surface area contributed by atoms with Crippen molar-refractivity contribution in [2.75, 3.05) is 26.2 Å². The summed E-state index contributed by atoms with van der Waals surface area (Å²) in [4.78, 5) is 27.7. The van der Waals surface area contributed by atoms with Gasteiger partial charge in [0.15, 0.2) is 0 Å². The Hall–Kier alpha value is -1.88. The maximum atomic E-state index is 12.5. The average Bonchev–Trinajstić information content (AvgIpc) is 2.63. The SMILES string of the molecule is O=C(O)c1ccc(CN2CCN(C(=O)CC3CCCCC3)CC2)cc1. The zero-order valence-corrected chi connectivity index (χ0v) is 14.8. The van der Waals surface area contributed by atoms with E-state index in [9.17, 15) is 9.59 Å². The van der Waals surface area contributed by atoms with Crippen molar-refractivity contribution in [2.45, 2.75) is 45.1 Å². The number of carbonyl (C=O) groups excluding carboxylic acids is 1. The van der Waals surface area contributed by atoms with Crippen molar-refractivity contribution < 1.29 is 14.7 Å². The van der Waals surface area contributed by atoms with Crippen LogP contribution in [0.1, 0.15) is 54.4 Å². The van der Waals surface area contributed by atoms with Gasteiger partial charge in [-0.1, -0.05) is 31.4 Å². The van der Waals surface area contributed by atoms with Crippen LogP contribution in [-0.2, 0) is 11.3 Å². The second-order valence-electron chi connectivity index (χ2n) is 7.37. The first-order valence-corrected chi connectivity index (χ1v) is 9.44. The minimum absolute atomic E-state index is 0.321. The Balaban J connectivity index is 1.43. The van der Waals surface area contributed by atoms with E-state index in [1.807, 2.05) is 17.0 Å². The van der Waals surface area contributed by atoms with E-state index in [2.05, 4.69) is 4.90 Å². The quantitative estimate of drug-likeness (QED) is 0.892. The van der Waals surface area contributed by atoms with Crippen LogP contribution in [0.15, 0.2) is 24.3 Å². The van der Waals surface area contributed by atoms with Crippen LogP contribution in [0.2, 0.25) is 0 Å². The maximum absolute atomic E-state index is 12.5. The third-order valence-corrected chi connectivity index (χ3v) is 5.52. The number of carbonyl (C=O) groups is 2. The molecule has 2 aliphatic rings. The van der Waals surface area contributed by atoms with Crippen LogP contribution in [0.25, 0.3) is 0 Å². The fraction of sp³-hybridized carbons (Fsp3) is 0.600. The lowest BCUT2D eigenvalue weighted by Crippen LogP contribution is -2.48. The molecule has 3 rings (SSSR count). The van der Waals surface area contributed by atoms with E-state index >= 15 is 0 Å². The summed E-state index contributed by atoms with van der Waals surface area (Å²) < 4.78 is 0. The minimum atomic E-state index is -0.892. The van der Waals surface area contributed by atoms with Crippen LogP contribution in [0.5, 0.6) is 0 Å².